The third-order valence-electron chi connectivity index (χ3n) is 6.50. The Morgan fingerprint density at radius 2 is 1.71 bits per heavy atom. The molecule has 1 aromatic heterocycles. The molecule has 3 aromatic carbocycles. The lowest BCUT2D eigenvalue weighted by Crippen LogP contribution is -2.39. The second kappa shape index (κ2) is 13.1. The first-order valence-corrected chi connectivity index (χ1v) is 14.6. The van der Waals surface area contributed by atoms with Crippen LogP contribution < -0.4 is 29.1 Å². The molecule has 0 fully saturated rings. The molecule has 0 spiro atoms. The van der Waals surface area contributed by atoms with Gasteiger partial charge in [-0.25, -0.2) is 9.79 Å². The molecular weight excluding hydrogens is 576 g/mol. The van der Waals surface area contributed by atoms with Gasteiger partial charge in [-0.15, -0.1) is 0 Å². The molecule has 0 bridgehead atoms. The number of fused-ring (bicyclic) bond motifs is 1. The summed E-state index contributed by atoms with van der Waals surface area (Å²) in [5.41, 5.74) is 2.20. The maximum Gasteiger partial charge on any atom is 0.337 e. The molecule has 2 heterocycles. The molecule has 0 radical (unpaired) electrons. The minimum Gasteiger partial charge on any atom is -0.490 e. The van der Waals surface area contributed by atoms with Crippen LogP contribution in [0.1, 0.15) is 36.6 Å². The predicted molar refractivity (Wildman–Crippen MR) is 162 cm³/mol. The molecule has 0 aliphatic carbocycles. The van der Waals surface area contributed by atoms with Gasteiger partial charge in [0.25, 0.3) is 5.56 Å². The van der Waals surface area contributed by atoms with E-state index in [1.54, 1.807) is 36.4 Å². The molecule has 216 valence electrons. The molecule has 0 saturated carbocycles. The van der Waals surface area contributed by atoms with Crippen molar-refractivity contribution < 1.29 is 23.7 Å². The van der Waals surface area contributed by atoms with Crippen LogP contribution in [-0.2, 0) is 16.1 Å². The number of methoxy groups -OCH3 is 1. The molecule has 1 atom stereocenters. The number of carbonyl (C=O) groups is 1. The summed E-state index contributed by atoms with van der Waals surface area (Å²) in [5, 5.41) is 0.504. The van der Waals surface area contributed by atoms with Crippen molar-refractivity contribution in [3.63, 3.8) is 0 Å². The van der Waals surface area contributed by atoms with E-state index in [0.717, 1.165) is 5.56 Å². The van der Waals surface area contributed by atoms with Crippen LogP contribution in [0.25, 0.3) is 6.08 Å². The van der Waals surface area contributed by atoms with E-state index in [0.29, 0.717) is 62.6 Å². The van der Waals surface area contributed by atoms with Crippen molar-refractivity contribution in [1.29, 1.82) is 0 Å². The summed E-state index contributed by atoms with van der Waals surface area (Å²) in [6, 6.07) is 19.6. The molecule has 4 aromatic rings. The van der Waals surface area contributed by atoms with Crippen molar-refractivity contribution >= 4 is 35.0 Å². The molecule has 0 N–H and O–H groups in total. The normalized spacial score (nSPS) is 14.4. The fourth-order valence-electron chi connectivity index (χ4n) is 4.63. The molecule has 0 saturated heterocycles. The van der Waals surface area contributed by atoms with Crippen molar-refractivity contribution in [2.75, 3.05) is 20.3 Å². The number of hydrogen-bond acceptors (Lipinski definition) is 8. The van der Waals surface area contributed by atoms with E-state index in [2.05, 4.69) is 4.99 Å². The fourth-order valence-corrected chi connectivity index (χ4v) is 5.77. The zero-order chi connectivity index (χ0) is 29.6. The summed E-state index contributed by atoms with van der Waals surface area (Å²) in [4.78, 5) is 31.7. The van der Waals surface area contributed by atoms with Crippen LogP contribution in [0.4, 0.5) is 0 Å². The van der Waals surface area contributed by atoms with Gasteiger partial charge in [0.2, 0.25) is 0 Å². The van der Waals surface area contributed by atoms with Crippen LogP contribution in [0, 0.1) is 0 Å². The number of carbonyl (C=O) groups excluding carboxylic acids is 1. The highest BCUT2D eigenvalue weighted by molar-refractivity contribution is 7.07. The number of benzene rings is 3. The number of ether oxygens (including phenoxy) is 4. The average molecular weight is 605 g/mol. The quantitative estimate of drug-likeness (QED) is 0.236. The predicted octanol–water partition coefficient (Wildman–Crippen LogP) is 5.05. The number of halogens is 1. The number of thiazole rings is 1. The molecule has 5 rings (SSSR count). The van der Waals surface area contributed by atoms with E-state index in [9.17, 15) is 9.59 Å². The maximum atomic E-state index is 14.0. The minimum atomic E-state index is -0.793. The molecule has 1 aliphatic rings. The van der Waals surface area contributed by atoms with E-state index < -0.39 is 12.0 Å². The van der Waals surface area contributed by atoms with Crippen LogP contribution >= 0.6 is 22.9 Å². The summed E-state index contributed by atoms with van der Waals surface area (Å²) in [6.07, 6.45) is 3.19. The first-order chi connectivity index (χ1) is 20.4. The smallest absolute Gasteiger partial charge is 0.337 e. The highest BCUT2D eigenvalue weighted by Crippen LogP contribution is 2.35. The molecule has 42 heavy (non-hydrogen) atoms. The largest absolute Gasteiger partial charge is 0.490 e. The van der Waals surface area contributed by atoms with Gasteiger partial charge in [-0.3, -0.25) is 9.36 Å². The summed E-state index contributed by atoms with van der Waals surface area (Å²) in [6.45, 7) is 4.99. The lowest BCUT2D eigenvalue weighted by atomic mass is 9.97. The lowest BCUT2D eigenvalue weighted by molar-refractivity contribution is -0.136. The van der Waals surface area contributed by atoms with Gasteiger partial charge in [-0.1, -0.05) is 59.3 Å². The zero-order valence-electron chi connectivity index (χ0n) is 23.3. The topological polar surface area (TPSA) is 88.4 Å². The van der Waals surface area contributed by atoms with E-state index in [1.165, 1.54) is 29.2 Å². The van der Waals surface area contributed by atoms with Crippen molar-refractivity contribution in [3.8, 4) is 17.2 Å². The average Bonchev–Trinajstić information content (AvgIpc) is 3.32. The molecule has 0 amide bonds. The van der Waals surface area contributed by atoms with Gasteiger partial charge in [-0.2, -0.15) is 0 Å². The van der Waals surface area contributed by atoms with Crippen molar-refractivity contribution in [1.82, 2.24) is 4.57 Å². The van der Waals surface area contributed by atoms with Gasteiger partial charge >= 0.3 is 5.97 Å². The van der Waals surface area contributed by atoms with Gasteiger partial charge in [0, 0.05) is 16.8 Å². The van der Waals surface area contributed by atoms with E-state index in [4.69, 9.17) is 30.5 Å². The lowest BCUT2D eigenvalue weighted by Gasteiger charge is -2.23. The van der Waals surface area contributed by atoms with Gasteiger partial charge in [0.05, 0.1) is 36.5 Å². The molecule has 10 heteroatoms. The summed E-state index contributed by atoms with van der Waals surface area (Å²) in [7, 11) is 1.30. The first-order valence-electron chi connectivity index (χ1n) is 13.4. The molecular formula is C32H29ClN2O6S. The standard InChI is InChI=1S/C32H29ClN2O6S/c1-4-39-26-13-11-21(16-27(26)40-5-2)29-24(31(37)38-3)18-34-32-35(29)30(36)28(42-32)17-22-15-23(33)12-14-25(22)41-19-20-9-7-6-8-10-20/h6-18,29H,4-5,19H2,1-3H3/b28-17+/t29-/m1/s1. The SMILES string of the molecule is CCOc1ccc([C@@H]2C(C(=O)OC)=CN=c3s/c(=C/c4cc(Cl)ccc4OCc4ccccc4)c(=O)n32)cc1OCC. The Morgan fingerprint density at radius 1 is 0.976 bits per heavy atom. The molecule has 8 nitrogen and oxygen atoms in total. The Bertz CT molecular complexity index is 1810. The summed E-state index contributed by atoms with van der Waals surface area (Å²) < 4.78 is 24.6. The first kappa shape index (κ1) is 29.2. The molecule has 0 unspecified atom stereocenters. The van der Waals surface area contributed by atoms with Crippen LogP contribution in [0.3, 0.4) is 0 Å². The Kier molecular flexibility index (Phi) is 9.09. The fraction of sp³-hybridized carbons (Fsp3) is 0.219. The van der Waals surface area contributed by atoms with Gasteiger partial charge < -0.3 is 18.9 Å². The third kappa shape index (κ3) is 6.12. The van der Waals surface area contributed by atoms with E-state index in [-0.39, 0.29) is 11.1 Å². The Labute approximate surface area is 251 Å². The summed E-state index contributed by atoms with van der Waals surface area (Å²) >= 11 is 7.54. The highest BCUT2D eigenvalue weighted by Gasteiger charge is 2.31. The van der Waals surface area contributed by atoms with Crippen LogP contribution in [0.15, 0.2) is 88.3 Å². The number of aromatic nitrogens is 1. The van der Waals surface area contributed by atoms with Crippen molar-refractivity contribution in [3.05, 3.63) is 120 Å². The number of nitrogens with zero attached hydrogens (tertiary/aromatic N) is 2. The van der Waals surface area contributed by atoms with E-state index in [1.807, 2.05) is 50.2 Å². The number of hydrogen-bond donors (Lipinski definition) is 0. The van der Waals surface area contributed by atoms with Crippen LogP contribution in [-0.4, -0.2) is 30.9 Å². The zero-order valence-corrected chi connectivity index (χ0v) is 24.9. The van der Waals surface area contributed by atoms with Crippen LogP contribution in [0.2, 0.25) is 5.02 Å². The summed E-state index contributed by atoms with van der Waals surface area (Å²) in [5.74, 6) is 1.08. The number of esters is 1. The number of rotatable bonds is 10. The third-order valence-corrected chi connectivity index (χ3v) is 7.74. The molecule has 1 aliphatic heterocycles. The minimum absolute atomic E-state index is 0.220. The maximum absolute atomic E-state index is 14.0. The van der Waals surface area contributed by atoms with Gasteiger partial charge in [0.15, 0.2) is 16.3 Å². The monoisotopic (exact) mass is 604 g/mol. The van der Waals surface area contributed by atoms with Gasteiger partial charge in [0.1, 0.15) is 12.4 Å². The van der Waals surface area contributed by atoms with Crippen molar-refractivity contribution in [2.45, 2.75) is 26.5 Å². The highest BCUT2D eigenvalue weighted by atomic mass is 35.5. The Hall–Kier alpha value is -4.34. The Balaban J connectivity index is 1.61. The van der Waals surface area contributed by atoms with E-state index >= 15 is 0 Å². The van der Waals surface area contributed by atoms with Crippen molar-refractivity contribution in [2.24, 2.45) is 4.99 Å². The van der Waals surface area contributed by atoms with Gasteiger partial charge in [-0.05, 0) is 61.4 Å². The second-order valence-electron chi connectivity index (χ2n) is 9.20. The second-order valence-corrected chi connectivity index (χ2v) is 10.7. The Morgan fingerprint density at radius 3 is 2.45 bits per heavy atom. The van der Waals surface area contributed by atoms with Crippen LogP contribution in [0.5, 0.6) is 17.2 Å².